The fraction of sp³-hybridized carbons (Fsp3) is 0.444. The summed E-state index contributed by atoms with van der Waals surface area (Å²) < 4.78 is 0.984. The van der Waals surface area contributed by atoms with Crippen LogP contribution in [0.5, 0.6) is 0 Å². The molecule has 72 valence electrons. The third-order valence-electron chi connectivity index (χ3n) is 1.63. The molecular formula is C9H12BrClN2. The fourth-order valence-corrected chi connectivity index (χ4v) is 1.42. The lowest BCUT2D eigenvalue weighted by Crippen LogP contribution is -2.06. The van der Waals surface area contributed by atoms with E-state index in [0.29, 0.717) is 0 Å². The average molecular weight is 264 g/mol. The zero-order valence-electron chi connectivity index (χ0n) is 7.43. The van der Waals surface area contributed by atoms with Crippen molar-refractivity contribution >= 4 is 33.2 Å². The highest BCUT2D eigenvalue weighted by molar-refractivity contribution is 9.10. The number of hydrogen-bond donors (Lipinski definition) is 1. The maximum absolute atomic E-state index is 5.82. The van der Waals surface area contributed by atoms with E-state index >= 15 is 0 Å². The molecule has 1 atom stereocenters. The van der Waals surface area contributed by atoms with Gasteiger partial charge in [-0.05, 0) is 35.3 Å². The summed E-state index contributed by atoms with van der Waals surface area (Å²) in [5, 5.41) is 3.49. The molecule has 1 unspecified atom stereocenters. The van der Waals surface area contributed by atoms with Gasteiger partial charge in [-0.25, -0.2) is 0 Å². The van der Waals surface area contributed by atoms with E-state index in [-0.39, 0.29) is 5.38 Å². The van der Waals surface area contributed by atoms with Gasteiger partial charge < -0.3 is 5.32 Å². The van der Waals surface area contributed by atoms with Crippen molar-refractivity contribution in [3.8, 4) is 0 Å². The summed E-state index contributed by atoms with van der Waals surface area (Å²) in [6, 6.07) is 1.93. The number of nitrogens with zero attached hydrogens (tertiary/aromatic N) is 1. The second-order valence-corrected chi connectivity index (χ2v) is 4.45. The first-order valence-electron chi connectivity index (χ1n) is 4.17. The molecule has 0 saturated heterocycles. The van der Waals surface area contributed by atoms with Gasteiger partial charge in [-0.15, -0.1) is 11.6 Å². The Kier molecular flexibility index (Phi) is 4.53. The van der Waals surface area contributed by atoms with E-state index in [1.807, 2.05) is 13.0 Å². The second kappa shape index (κ2) is 5.45. The summed E-state index contributed by atoms with van der Waals surface area (Å²) in [5.41, 5.74) is 1.06. The summed E-state index contributed by atoms with van der Waals surface area (Å²) >= 11 is 9.23. The van der Waals surface area contributed by atoms with E-state index in [0.717, 1.165) is 23.1 Å². The van der Waals surface area contributed by atoms with Gasteiger partial charge >= 0.3 is 0 Å². The molecule has 0 aliphatic rings. The number of hydrogen-bond acceptors (Lipinski definition) is 2. The van der Waals surface area contributed by atoms with Gasteiger partial charge in [0.05, 0.1) is 10.2 Å². The smallest absolute Gasteiger partial charge is 0.0590 e. The molecule has 0 radical (unpaired) electrons. The number of halogens is 2. The zero-order chi connectivity index (χ0) is 9.68. The summed E-state index contributed by atoms with van der Waals surface area (Å²) in [6.07, 6.45) is 4.49. The normalized spacial score (nSPS) is 12.5. The second-order valence-electron chi connectivity index (χ2n) is 2.85. The SMILES string of the molecule is CC(Cl)CCNc1ccncc1Br. The molecule has 1 heterocycles. The number of anilines is 1. The van der Waals surface area contributed by atoms with Crippen LogP contribution in [0.1, 0.15) is 13.3 Å². The lowest BCUT2D eigenvalue weighted by Gasteiger charge is -2.08. The average Bonchev–Trinajstić information content (AvgIpc) is 2.08. The number of alkyl halides is 1. The van der Waals surface area contributed by atoms with Crippen LogP contribution < -0.4 is 5.32 Å². The van der Waals surface area contributed by atoms with Crippen LogP contribution in [0.2, 0.25) is 0 Å². The highest BCUT2D eigenvalue weighted by atomic mass is 79.9. The molecule has 1 aromatic rings. The Morgan fingerprint density at radius 1 is 1.69 bits per heavy atom. The maximum Gasteiger partial charge on any atom is 0.0590 e. The molecule has 13 heavy (non-hydrogen) atoms. The van der Waals surface area contributed by atoms with Crippen molar-refractivity contribution < 1.29 is 0 Å². The molecular weight excluding hydrogens is 251 g/mol. The standard InChI is InChI=1S/C9H12BrClN2/c1-7(11)2-5-13-9-3-4-12-6-8(9)10/h3-4,6-7H,2,5H2,1H3,(H,12,13). The molecule has 0 bridgehead atoms. The quantitative estimate of drug-likeness (QED) is 0.843. The van der Waals surface area contributed by atoms with Crippen LogP contribution in [0.15, 0.2) is 22.9 Å². The van der Waals surface area contributed by atoms with Crippen LogP contribution in [0.3, 0.4) is 0 Å². The molecule has 0 aliphatic heterocycles. The van der Waals surface area contributed by atoms with Gasteiger partial charge in [-0.2, -0.15) is 0 Å². The van der Waals surface area contributed by atoms with E-state index in [1.54, 1.807) is 12.4 Å². The first-order chi connectivity index (χ1) is 6.20. The van der Waals surface area contributed by atoms with Gasteiger partial charge in [-0.1, -0.05) is 0 Å². The Bertz CT molecular complexity index is 266. The van der Waals surface area contributed by atoms with Gasteiger partial charge in [0.2, 0.25) is 0 Å². The maximum atomic E-state index is 5.82. The number of nitrogens with one attached hydrogen (secondary N) is 1. The third-order valence-corrected chi connectivity index (χ3v) is 2.48. The Morgan fingerprint density at radius 2 is 2.46 bits per heavy atom. The van der Waals surface area contributed by atoms with Crippen molar-refractivity contribution in [2.24, 2.45) is 0 Å². The fourth-order valence-electron chi connectivity index (χ4n) is 0.924. The van der Waals surface area contributed by atoms with Crippen molar-refractivity contribution in [3.05, 3.63) is 22.9 Å². The molecule has 0 fully saturated rings. The summed E-state index contributed by atoms with van der Waals surface area (Å²) in [6.45, 7) is 2.87. The number of rotatable bonds is 4. The lowest BCUT2D eigenvalue weighted by atomic mass is 10.3. The molecule has 0 amide bonds. The van der Waals surface area contributed by atoms with Crippen molar-refractivity contribution in [2.75, 3.05) is 11.9 Å². The molecule has 0 aliphatic carbocycles. The molecule has 0 aromatic carbocycles. The highest BCUT2D eigenvalue weighted by Crippen LogP contribution is 2.19. The van der Waals surface area contributed by atoms with Crippen molar-refractivity contribution in [1.82, 2.24) is 4.98 Å². The van der Waals surface area contributed by atoms with Crippen molar-refractivity contribution in [3.63, 3.8) is 0 Å². The van der Waals surface area contributed by atoms with Gasteiger partial charge in [0.1, 0.15) is 0 Å². The van der Waals surface area contributed by atoms with Crippen LogP contribution in [0.25, 0.3) is 0 Å². The van der Waals surface area contributed by atoms with E-state index < -0.39 is 0 Å². The van der Waals surface area contributed by atoms with Crippen molar-refractivity contribution in [2.45, 2.75) is 18.7 Å². The Hall–Kier alpha value is -0.280. The Balaban J connectivity index is 2.41. The summed E-state index contributed by atoms with van der Waals surface area (Å²) in [5.74, 6) is 0. The minimum atomic E-state index is 0.216. The monoisotopic (exact) mass is 262 g/mol. The van der Waals surface area contributed by atoms with Gasteiger partial charge in [-0.3, -0.25) is 4.98 Å². The third kappa shape index (κ3) is 3.96. The number of pyridine rings is 1. The van der Waals surface area contributed by atoms with Crippen LogP contribution in [-0.2, 0) is 0 Å². The Morgan fingerprint density at radius 3 is 3.08 bits per heavy atom. The molecule has 1 rings (SSSR count). The minimum Gasteiger partial charge on any atom is -0.384 e. The molecule has 1 aromatic heterocycles. The highest BCUT2D eigenvalue weighted by Gasteiger charge is 1.99. The molecule has 0 saturated carbocycles. The lowest BCUT2D eigenvalue weighted by molar-refractivity contribution is 0.842. The molecule has 2 nitrogen and oxygen atoms in total. The first kappa shape index (κ1) is 10.8. The molecule has 4 heteroatoms. The largest absolute Gasteiger partial charge is 0.384 e. The van der Waals surface area contributed by atoms with E-state index in [1.165, 1.54) is 0 Å². The minimum absolute atomic E-state index is 0.216. The molecule has 0 spiro atoms. The first-order valence-corrected chi connectivity index (χ1v) is 5.40. The zero-order valence-corrected chi connectivity index (χ0v) is 9.77. The van der Waals surface area contributed by atoms with Crippen LogP contribution in [-0.4, -0.2) is 16.9 Å². The van der Waals surface area contributed by atoms with E-state index in [9.17, 15) is 0 Å². The van der Waals surface area contributed by atoms with Crippen molar-refractivity contribution in [1.29, 1.82) is 0 Å². The van der Waals surface area contributed by atoms with E-state index in [4.69, 9.17) is 11.6 Å². The number of aromatic nitrogens is 1. The summed E-state index contributed by atoms with van der Waals surface area (Å²) in [7, 11) is 0. The van der Waals surface area contributed by atoms with E-state index in [2.05, 4.69) is 26.2 Å². The predicted octanol–water partition coefficient (Wildman–Crippen LogP) is 3.27. The van der Waals surface area contributed by atoms with Crippen LogP contribution in [0.4, 0.5) is 5.69 Å². The Labute approximate surface area is 91.8 Å². The predicted molar refractivity (Wildman–Crippen MR) is 60.4 cm³/mol. The van der Waals surface area contributed by atoms with Gasteiger partial charge in [0.15, 0.2) is 0 Å². The molecule has 1 N–H and O–H groups in total. The van der Waals surface area contributed by atoms with Crippen LogP contribution in [0, 0.1) is 0 Å². The van der Waals surface area contributed by atoms with Gasteiger partial charge in [0.25, 0.3) is 0 Å². The van der Waals surface area contributed by atoms with Gasteiger partial charge in [0, 0.05) is 24.3 Å². The van der Waals surface area contributed by atoms with Crippen LogP contribution >= 0.6 is 27.5 Å². The topological polar surface area (TPSA) is 24.9 Å². The summed E-state index contributed by atoms with van der Waals surface area (Å²) in [4.78, 5) is 3.98.